The van der Waals surface area contributed by atoms with Crippen molar-refractivity contribution < 1.29 is 101 Å². The van der Waals surface area contributed by atoms with Gasteiger partial charge in [0.1, 0.15) is 0 Å². The number of alkyl halides is 20. The van der Waals surface area contributed by atoms with E-state index in [0.717, 1.165) is 6.07 Å². The molecule has 0 aromatic heterocycles. The van der Waals surface area contributed by atoms with Crippen molar-refractivity contribution in [2.45, 2.75) is 115 Å². The van der Waals surface area contributed by atoms with Crippen molar-refractivity contribution >= 4 is 21.9 Å². The van der Waals surface area contributed by atoms with Crippen LogP contribution in [0.5, 0.6) is 0 Å². The van der Waals surface area contributed by atoms with E-state index < -0.39 is 101 Å². The van der Waals surface area contributed by atoms with Gasteiger partial charge in [0.15, 0.2) is 0 Å². The molecule has 0 amide bonds. The molecule has 0 aliphatic carbocycles. The average molecular weight is 803 g/mol. The minimum absolute atomic E-state index is 0.0371. The van der Waals surface area contributed by atoms with Gasteiger partial charge in [-0.25, -0.2) is 0 Å². The van der Waals surface area contributed by atoms with Crippen molar-refractivity contribution in [3.05, 3.63) is 29.3 Å². The van der Waals surface area contributed by atoms with Gasteiger partial charge < -0.3 is 0 Å². The molecule has 49 heavy (non-hydrogen) atoms. The molecule has 3 nitrogen and oxygen atoms in total. The SMILES string of the molecule is CC(C)(C)c1ccc(C(C)(C)C)c(SC(F)(F)C(F)(F)C(F)(F)C(F)(F)C(F)(F)C(F)(F)C(F)(F)C(F)(F)C(F)(F)C(F)(F)S(=O)(=O)O)c1. The molecule has 0 saturated carbocycles. The number of benzene rings is 1. The summed E-state index contributed by atoms with van der Waals surface area (Å²) in [6, 6.07) is 2.79. The van der Waals surface area contributed by atoms with Crippen LogP contribution in [0, 0.1) is 0 Å². The third-order valence-corrected chi connectivity index (χ3v) is 8.68. The molecular weight excluding hydrogens is 780 g/mol. The summed E-state index contributed by atoms with van der Waals surface area (Å²) in [6.45, 7) is 7.77. The van der Waals surface area contributed by atoms with Crippen LogP contribution in [0.4, 0.5) is 87.8 Å². The second-order valence-electron chi connectivity index (χ2n) is 12.4. The third kappa shape index (κ3) is 6.42. The monoisotopic (exact) mass is 802 g/mol. The zero-order valence-electron chi connectivity index (χ0n) is 24.9. The van der Waals surface area contributed by atoms with E-state index >= 15 is 0 Å². The van der Waals surface area contributed by atoms with Crippen molar-refractivity contribution in [3.63, 3.8) is 0 Å². The van der Waals surface area contributed by atoms with Crippen LogP contribution in [-0.2, 0) is 20.9 Å². The molecule has 0 unspecified atom stereocenters. The molecule has 0 heterocycles. The van der Waals surface area contributed by atoms with Gasteiger partial charge in [0, 0.05) is 4.90 Å². The van der Waals surface area contributed by atoms with Crippen molar-refractivity contribution in [1.82, 2.24) is 0 Å². The van der Waals surface area contributed by atoms with Crippen molar-refractivity contribution in [2.24, 2.45) is 0 Å². The van der Waals surface area contributed by atoms with Crippen LogP contribution in [0.25, 0.3) is 0 Å². The summed E-state index contributed by atoms with van der Waals surface area (Å²) in [4.78, 5) is -1.14. The first-order valence-electron chi connectivity index (χ1n) is 12.4. The minimum atomic E-state index is -9.33. The van der Waals surface area contributed by atoms with E-state index in [0.29, 0.717) is 6.07 Å². The zero-order chi connectivity index (χ0) is 40.1. The summed E-state index contributed by atoms with van der Waals surface area (Å²) in [7, 11) is -8.10. The molecule has 25 heteroatoms. The minimum Gasteiger partial charge on any atom is -0.281 e. The maximum absolute atomic E-state index is 14.9. The van der Waals surface area contributed by atoms with Crippen molar-refractivity contribution in [3.8, 4) is 0 Å². The highest BCUT2D eigenvalue weighted by Crippen LogP contribution is 2.67. The second-order valence-corrected chi connectivity index (χ2v) is 15.0. The molecule has 0 radical (unpaired) electrons. The average Bonchev–Trinajstić information content (AvgIpc) is 2.85. The first kappa shape index (κ1) is 45.1. The lowest BCUT2D eigenvalue weighted by atomic mass is 9.82. The number of thioether (sulfide) groups is 1. The molecule has 0 aliphatic rings. The second kappa shape index (κ2) is 11.8. The fourth-order valence-electron chi connectivity index (χ4n) is 3.61. The molecule has 0 fully saturated rings. The first-order chi connectivity index (χ1) is 20.8. The largest absolute Gasteiger partial charge is 0.438 e. The Labute approximate surface area is 267 Å². The van der Waals surface area contributed by atoms with Gasteiger partial charge in [-0.1, -0.05) is 53.7 Å². The maximum Gasteiger partial charge on any atom is 0.438 e. The molecule has 1 N–H and O–H groups in total. The van der Waals surface area contributed by atoms with Crippen LogP contribution in [-0.4, -0.2) is 70.9 Å². The van der Waals surface area contributed by atoms with Crippen LogP contribution in [0.2, 0.25) is 0 Å². The van der Waals surface area contributed by atoms with Crippen molar-refractivity contribution in [2.75, 3.05) is 0 Å². The Morgan fingerprint density at radius 1 is 0.490 bits per heavy atom. The summed E-state index contributed by atoms with van der Waals surface area (Å²) in [5, 5.41) is -14.9. The Morgan fingerprint density at radius 3 is 1.08 bits per heavy atom. The van der Waals surface area contributed by atoms with E-state index in [-0.39, 0.29) is 5.56 Å². The predicted molar refractivity (Wildman–Crippen MR) is 131 cm³/mol. The topological polar surface area (TPSA) is 54.4 Å². The molecule has 0 saturated heterocycles. The highest BCUT2D eigenvalue weighted by atomic mass is 32.2. The van der Waals surface area contributed by atoms with Gasteiger partial charge in [-0.2, -0.15) is 96.2 Å². The maximum atomic E-state index is 14.9. The summed E-state index contributed by atoms with van der Waals surface area (Å²) in [5.41, 5.74) is -2.90. The Kier molecular flexibility index (Phi) is 10.9. The summed E-state index contributed by atoms with van der Waals surface area (Å²) >= 11 is -1.74. The summed E-state index contributed by atoms with van der Waals surface area (Å²) in [6.07, 6.45) is 0. The van der Waals surface area contributed by atoms with Gasteiger partial charge in [-0.15, -0.1) is 0 Å². The molecule has 288 valence electrons. The lowest BCUT2D eigenvalue weighted by Crippen LogP contribution is -2.77. The van der Waals surface area contributed by atoms with Gasteiger partial charge >= 0.3 is 68.0 Å². The number of halogens is 20. The lowest BCUT2D eigenvalue weighted by Gasteiger charge is -2.44. The van der Waals surface area contributed by atoms with Gasteiger partial charge in [0.25, 0.3) is 0 Å². The lowest BCUT2D eigenvalue weighted by molar-refractivity contribution is -0.463. The van der Waals surface area contributed by atoms with Crippen molar-refractivity contribution in [1.29, 1.82) is 0 Å². The Bertz CT molecular complexity index is 1510. The van der Waals surface area contributed by atoms with Gasteiger partial charge in [-0.3, -0.25) is 4.55 Å². The first-order valence-corrected chi connectivity index (χ1v) is 14.7. The van der Waals surface area contributed by atoms with Crippen LogP contribution in [0.15, 0.2) is 23.1 Å². The van der Waals surface area contributed by atoms with Crippen LogP contribution in [0.3, 0.4) is 0 Å². The van der Waals surface area contributed by atoms with E-state index in [9.17, 15) is 96.2 Å². The van der Waals surface area contributed by atoms with Crippen LogP contribution in [0.1, 0.15) is 52.7 Å². The quantitative estimate of drug-likeness (QED) is 0.130. The number of hydrogen-bond donors (Lipinski definition) is 1. The van der Waals surface area contributed by atoms with E-state index in [1.165, 1.54) is 47.6 Å². The molecular formula is C24H22F20O3S2. The van der Waals surface area contributed by atoms with E-state index in [4.69, 9.17) is 4.55 Å². The Hall–Kier alpha value is -1.92. The fourth-order valence-corrected chi connectivity index (χ4v) is 5.26. The zero-order valence-corrected chi connectivity index (χ0v) is 26.5. The molecule has 0 bridgehead atoms. The standard InChI is InChI=1S/C24H22F20O3S2/c1-13(2,3)10-7-8-11(14(4,5)6)12(9-10)48-23(41,42)21(37,38)19(33,34)17(29,30)15(25,26)16(27,28)18(31,32)20(35,36)22(39,40)24(43,44)49(45,46)47/h7-9H,1-6H3,(H,45,46,47). The van der Waals surface area contributed by atoms with Crippen LogP contribution >= 0.6 is 11.8 Å². The molecule has 0 atom stereocenters. The molecule has 1 aromatic rings. The normalized spacial score (nSPS) is 16.3. The Balaban J connectivity index is 3.95. The predicted octanol–water partition coefficient (Wildman–Crippen LogP) is 10.5. The Morgan fingerprint density at radius 2 is 0.796 bits per heavy atom. The molecule has 1 rings (SSSR count). The molecule has 1 aromatic carbocycles. The smallest absolute Gasteiger partial charge is 0.281 e. The van der Waals surface area contributed by atoms with Crippen LogP contribution < -0.4 is 0 Å². The fraction of sp³-hybridized carbons (Fsp3) is 0.750. The molecule has 0 aliphatic heterocycles. The van der Waals surface area contributed by atoms with E-state index in [2.05, 4.69) is 0 Å². The van der Waals surface area contributed by atoms with Gasteiger partial charge in [0.2, 0.25) is 0 Å². The summed E-state index contributed by atoms with van der Waals surface area (Å²) < 4.78 is 310. The van der Waals surface area contributed by atoms with Gasteiger partial charge in [0.05, 0.1) is 0 Å². The van der Waals surface area contributed by atoms with E-state index in [1.807, 2.05) is 0 Å². The summed E-state index contributed by atoms with van der Waals surface area (Å²) in [5.74, 6) is -71.5. The third-order valence-electron chi connectivity index (χ3n) is 6.71. The number of rotatable bonds is 12. The van der Waals surface area contributed by atoms with Gasteiger partial charge in [-0.05, 0) is 39.8 Å². The highest BCUT2D eigenvalue weighted by Gasteiger charge is 2.98. The highest BCUT2D eigenvalue weighted by molar-refractivity contribution is 8.00. The van der Waals surface area contributed by atoms with E-state index in [1.54, 1.807) is 0 Å². The number of hydrogen-bond acceptors (Lipinski definition) is 3. The molecule has 0 spiro atoms.